The van der Waals surface area contributed by atoms with E-state index in [0.717, 1.165) is 17.8 Å². The quantitative estimate of drug-likeness (QED) is 0.381. The molecule has 0 heterocycles. The summed E-state index contributed by atoms with van der Waals surface area (Å²) in [4.78, 5) is 0. The molecule has 159 valence electrons. The Hall–Kier alpha value is -0.720. The van der Waals surface area contributed by atoms with E-state index in [2.05, 4.69) is 74.6 Å². The second-order valence-corrected chi connectivity index (χ2v) is 17.2. The van der Waals surface area contributed by atoms with Gasteiger partial charge < -0.3 is 0 Å². The third-order valence-corrected chi connectivity index (χ3v) is 10.7. The average molecular weight is 503 g/mol. The van der Waals surface area contributed by atoms with E-state index in [4.69, 9.17) is 0 Å². The molecule has 0 aromatic heterocycles. The Morgan fingerprint density at radius 3 is 2.03 bits per heavy atom. The van der Waals surface area contributed by atoms with E-state index >= 15 is 0 Å². The van der Waals surface area contributed by atoms with Crippen molar-refractivity contribution >= 4 is 19.3 Å². The maximum Gasteiger partial charge on any atom is 0.0775 e. The summed E-state index contributed by atoms with van der Waals surface area (Å²) in [7, 11) is -1.25. The minimum absolute atomic E-state index is 0. The Morgan fingerprint density at radius 1 is 0.839 bits per heavy atom. The number of benzene rings is 2. The molecular weight excluding hydrogens is 468 g/mol. The molecule has 1 radical (unpaired) electrons. The summed E-state index contributed by atoms with van der Waals surface area (Å²) in [6.07, 6.45) is 15.5. The van der Waals surface area contributed by atoms with Gasteiger partial charge in [0.05, 0.1) is 8.07 Å². The SMILES string of the molecule is C[Si](C)(C)c1ccc(-c2cccc3c2C=C(CC24CC5CC(CC(C5)C2)C4)[CH]3)cc1.[Zr]. The molecule has 0 N–H and O–H groups in total. The predicted molar refractivity (Wildman–Crippen MR) is 131 cm³/mol. The van der Waals surface area contributed by atoms with Gasteiger partial charge in [-0.25, -0.2) is 0 Å². The first kappa shape index (κ1) is 22.1. The van der Waals surface area contributed by atoms with Crippen LogP contribution in [0.1, 0.15) is 56.1 Å². The van der Waals surface area contributed by atoms with Crippen LogP contribution in [0.25, 0.3) is 17.2 Å². The van der Waals surface area contributed by atoms with Gasteiger partial charge >= 0.3 is 0 Å². The molecule has 31 heavy (non-hydrogen) atoms. The summed E-state index contributed by atoms with van der Waals surface area (Å²) in [5.41, 5.74) is 7.89. The molecule has 4 saturated carbocycles. The van der Waals surface area contributed by atoms with Crippen LogP contribution in [0.15, 0.2) is 48.0 Å². The number of fused-ring (bicyclic) bond motifs is 1. The van der Waals surface area contributed by atoms with Gasteiger partial charge in [-0.15, -0.1) is 0 Å². The van der Waals surface area contributed by atoms with Crippen LogP contribution in [0.5, 0.6) is 0 Å². The number of hydrogen-bond acceptors (Lipinski definition) is 0. The van der Waals surface area contributed by atoms with Crippen LogP contribution in [0.3, 0.4) is 0 Å². The van der Waals surface area contributed by atoms with Crippen LogP contribution in [-0.4, -0.2) is 8.07 Å². The summed E-state index contributed by atoms with van der Waals surface area (Å²) in [6, 6.07) is 16.3. The maximum atomic E-state index is 2.54. The molecule has 5 aliphatic rings. The first-order valence-electron chi connectivity index (χ1n) is 12.2. The third-order valence-electron chi connectivity index (χ3n) is 8.62. The molecule has 0 amide bonds. The molecule has 0 unspecified atom stereocenters. The van der Waals surface area contributed by atoms with Crippen LogP contribution in [0.4, 0.5) is 0 Å². The molecule has 4 fully saturated rings. The van der Waals surface area contributed by atoms with Crippen molar-refractivity contribution in [3.63, 3.8) is 0 Å². The van der Waals surface area contributed by atoms with Crippen molar-refractivity contribution in [3.05, 3.63) is 65.6 Å². The van der Waals surface area contributed by atoms with Gasteiger partial charge in [0.15, 0.2) is 0 Å². The Balaban J connectivity index is 0.00000204. The molecule has 0 spiro atoms. The van der Waals surface area contributed by atoms with E-state index in [-0.39, 0.29) is 26.2 Å². The standard InChI is InChI=1S/C29H35Si.Zr/c1-30(2,3)26-9-7-24(8-10-26)27-6-4-5-25-14-23(15-28(25)27)19-29-16-20-11-21(17-29)13-22(12-20)18-29;/h4-10,14-15,20-22H,11-13,16-19H2,1-3H3;. The van der Waals surface area contributed by atoms with Gasteiger partial charge in [-0.2, -0.15) is 0 Å². The molecule has 4 bridgehead atoms. The molecule has 0 atom stereocenters. The van der Waals surface area contributed by atoms with Gasteiger partial charge in [0.1, 0.15) is 0 Å². The maximum absolute atomic E-state index is 2.54. The number of rotatable bonds is 4. The molecule has 0 nitrogen and oxygen atoms in total. The van der Waals surface area contributed by atoms with Gasteiger partial charge in [0.2, 0.25) is 0 Å². The second-order valence-electron chi connectivity index (χ2n) is 12.1. The van der Waals surface area contributed by atoms with Crippen LogP contribution < -0.4 is 5.19 Å². The van der Waals surface area contributed by atoms with Crippen LogP contribution in [0, 0.1) is 29.6 Å². The first-order chi connectivity index (χ1) is 14.4. The third kappa shape index (κ3) is 4.06. The molecule has 2 aromatic rings. The minimum Gasteiger partial charge on any atom is -0.0656 e. The normalized spacial score (nSPS) is 30.7. The van der Waals surface area contributed by atoms with E-state index in [9.17, 15) is 0 Å². The summed E-state index contributed by atoms with van der Waals surface area (Å²) in [5, 5.41) is 1.54. The van der Waals surface area contributed by atoms with Crippen molar-refractivity contribution in [2.24, 2.45) is 23.2 Å². The molecule has 7 rings (SSSR count). The molecule has 5 aliphatic carbocycles. The minimum atomic E-state index is -1.25. The molecular formula is C29H35SiZr. The van der Waals surface area contributed by atoms with Crippen molar-refractivity contribution in [3.8, 4) is 11.1 Å². The monoisotopic (exact) mass is 501 g/mol. The van der Waals surface area contributed by atoms with E-state index in [0.29, 0.717) is 5.41 Å². The molecule has 0 saturated heterocycles. The average Bonchev–Trinajstić information content (AvgIpc) is 3.08. The van der Waals surface area contributed by atoms with Gasteiger partial charge in [-0.1, -0.05) is 78.9 Å². The Kier molecular flexibility index (Phi) is 5.66. The molecule has 2 aromatic carbocycles. The summed E-state index contributed by atoms with van der Waals surface area (Å²) < 4.78 is 0. The van der Waals surface area contributed by atoms with Crippen LogP contribution in [0.2, 0.25) is 19.6 Å². The summed E-state index contributed by atoms with van der Waals surface area (Å²) in [5.74, 6) is 3.13. The Bertz CT molecular complexity index is 973. The zero-order valence-corrected chi connectivity index (χ0v) is 22.8. The molecule has 2 heteroatoms. The Morgan fingerprint density at radius 2 is 1.45 bits per heavy atom. The zero-order valence-electron chi connectivity index (χ0n) is 19.4. The van der Waals surface area contributed by atoms with Crippen molar-refractivity contribution in [2.45, 2.75) is 64.6 Å². The van der Waals surface area contributed by atoms with E-state index in [1.54, 1.807) is 30.0 Å². The fourth-order valence-electron chi connectivity index (χ4n) is 7.74. The second kappa shape index (κ2) is 7.95. The number of hydrogen-bond donors (Lipinski definition) is 0. The van der Waals surface area contributed by atoms with Crippen LogP contribution in [-0.2, 0) is 26.2 Å². The summed E-state index contributed by atoms with van der Waals surface area (Å²) in [6.45, 7) is 7.28. The summed E-state index contributed by atoms with van der Waals surface area (Å²) >= 11 is 0. The fourth-order valence-corrected chi connectivity index (χ4v) is 8.91. The van der Waals surface area contributed by atoms with Crippen LogP contribution >= 0.6 is 0 Å². The fraction of sp³-hybridized carbons (Fsp3) is 0.483. The van der Waals surface area contributed by atoms with Gasteiger partial charge in [0.25, 0.3) is 0 Å². The van der Waals surface area contributed by atoms with Gasteiger partial charge in [0, 0.05) is 32.6 Å². The van der Waals surface area contributed by atoms with Crippen molar-refractivity contribution in [1.82, 2.24) is 0 Å². The zero-order chi connectivity index (χ0) is 20.5. The van der Waals surface area contributed by atoms with Gasteiger partial charge in [-0.3, -0.25) is 0 Å². The van der Waals surface area contributed by atoms with Crippen molar-refractivity contribution < 1.29 is 26.2 Å². The Labute approximate surface area is 209 Å². The largest absolute Gasteiger partial charge is 0.0775 e. The predicted octanol–water partition coefficient (Wildman–Crippen LogP) is 7.45. The topological polar surface area (TPSA) is 0 Å². The van der Waals surface area contributed by atoms with Gasteiger partial charge in [-0.05, 0) is 90.4 Å². The van der Waals surface area contributed by atoms with E-state index < -0.39 is 8.07 Å². The van der Waals surface area contributed by atoms with E-state index in [1.807, 2.05) is 0 Å². The smallest absolute Gasteiger partial charge is 0.0656 e. The van der Waals surface area contributed by atoms with Crippen molar-refractivity contribution in [1.29, 1.82) is 0 Å². The first-order valence-corrected chi connectivity index (χ1v) is 15.7. The molecule has 0 aliphatic heterocycles. The van der Waals surface area contributed by atoms with E-state index in [1.165, 1.54) is 47.9 Å². The number of allylic oxidation sites excluding steroid dienone is 1. The van der Waals surface area contributed by atoms with Crippen molar-refractivity contribution in [2.75, 3.05) is 0 Å².